The van der Waals surface area contributed by atoms with E-state index < -0.39 is 10.0 Å². The van der Waals surface area contributed by atoms with Crippen LogP contribution in [0.3, 0.4) is 0 Å². The minimum Gasteiger partial charge on any atom is -0.312 e. The van der Waals surface area contributed by atoms with Gasteiger partial charge in [0.2, 0.25) is 15.9 Å². The number of carbonyl (C=O) groups is 1. The Bertz CT molecular complexity index is 954. The Hall–Kier alpha value is -2.25. The number of carbonyl (C=O) groups excluding carboxylic acids is 1. The van der Waals surface area contributed by atoms with Crippen molar-refractivity contribution in [1.29, 1.82) is 0 Å². The molecule has 0 N–H and O–H groups in total. The third kappa shape index (κ3) is 4.10. The van der Waals surface area contributed by atoms with Crippen LogP contribution in [0.25, 0.3) is 0 Å². The SMILES string of the molecule is CCN(CC)S(=O)(=O)c1ccc2c(c1)CCCN2C(=O)Cc1ccc(F)cc1. The smallest absolute Gasteiger partial charge is 0.243 e. The Kier molecular flexibility index (Phi) is 6.15. The zero-order valence-corrected chi connectivity index (χ0v) is 17.0. The quantitative estimate of drug-likeness (QED) is 0.742. The summed E-state index contributed by atoms with van der Waals surface area (Å²) >= 11 is 0. The van der Waals surface area contributed by atoms with Crippen LogP contribution in [0.4, 0.5) is 10.1 Å². The molecular weight excluding hydrogens is 379 g/mol. The monoisotopic (exact) mass is 404 g/mol. The van der Waals surface area contributed by atoms with Crippen LogP contribution >= 0.6 is 0 Å². The average Bonchev–Trinajstić information content (AvgIpc) is 2.69. The maximum atomic E-state index is 13.1. The van der Waals surface area contributed by atoms with Crippen LogP contribution in [0, 0.1) is 5.82 Å². The molecule has 0 spiro atoms. The normalized spacial score (nSPS) is 14.2. The topological polar surface area (TPSA) is 57.7 Å². The molecule has 0 bridgehead atoms. The largest absolute Gasteiger partial charge is 0.312 e. The van der Waals surface area contributed by atoms with E-state index in [1.54, 1.807) is 35.2 Å². The second-order valence-corrected chi connectivity index (χ2v) is 8.77. The van der Waals surface area contributed by atoms with Gasteiger partial charge in [0.25, 0.3) is 0 Å². The lowest BCUT2D eigenvalue weighted by Crippen LogP contribution is -2.37. The Morgan fingerprint density at radius 3 is 2.43 bits per heavy atom. The standard InChI is InChI=1S/C21H25FN2O3S/c1-3-23(4-2)28(26,27)19-11-12-20-17(15-19)6-5-13-24(20)21(25)14-16-7-9-18(22)10-8-16/h7-12,15H,3-6,13-14H2,1-2H3. The van der Waals surface area contributed by atoms with Crippen molar-refractivity contribution in [2.75, 3.05) is 24.5 Å². The molecule has 0 fully saturated rings. The van der Waals surface area contributed by atoms with Gasteiger partial charge in [-0.1, -0.05) is 26.0 Å². The van der Waals surface area contributed by atoms with Crippen LogP contribution in [-0.2, 0) is 27.7 Å². The molecule has 7 heteroatoms. The van der Waals surface area contributed by atoms with Crippen molar-refractivity contribution in [2.45, 2.75) is 38.0 Å². The van der Waals surface area contributed by atoms with Crippen molar-refractivity contribution in [1.82, 2.24) is 4.31 Å². The fraction of sp³-hybridized carbons (Fsp3) is 0.381. The molecule has 0 unspecified atom stereocenters. The van der Waals surface area contributed by atoms with Crippen molar-refractivity contribution in [3.8, 4) is 0 Å². The molecule has 28 heavy (non-hydrogen) atoms. The van der Waals surface area contributed by atoms with Crippen molar-refractivity contribution >= 4 is 21.6 Å². The number of hydrogen-bond acceptors (Lipinski definition) is 3. The van der Waals surface area contributed by atoms with Crippen LogP contribution in [-0.4, -0.2) is 38.3 Å². The van der Waals surface area contributed by atoms with E-state index >= 15 is 0 Å². The van der Waals surface area contributed by atoms with E-state index in [9.17, 15) is 17.6 Å². The number of halogens is 1. The Morgan fingerprint density at radius 2 is 1.79 bits per heavy atom. The van der Waals surface area contributed by atoms with Gasteiger partial charge in [-0.2, -0.15) is 4.31 Å². The third-order valence-electron chi connectivity index (χ3n) is 5.08. The van der Waals surface area contributed by atoms with Gasteiger partial charge >= 0.3 is 0 Å². The zero-order chi connectivity index (χ0) is 20.3. The van der Waals surface area contributed by atoms with Crippen LogP contribution in [0.1, 0.15) is 31.4 Å². The number of amides is 1. The first-order valence-corrected chi connectivity index (χ1v) is 11.0. The lowest BCUT2D eigenvalue weighted by atomic mass is 10.0. The van der Waals surface area contributed by atoms with Gasteiger partial charge in [0.05, 0.1) is 11.3 Å². The van der Waals surface area contributed by atoms with Gasteiger partial charge in [-0.15, -0.1) is 0 Å². The highest BCUT2D eigenvalue weighted by atomic mass is 32.2. The summed E-state index contributed by atoms with van der Waals surface area (Å²) in [7, 11) is -3.53. The maximum Gasteiger partial charge on any atom is 0.243 e. The first-order chi connectivity index (χ1) is 13.4. The first-order valence-electron chi connectivity index (χ1n) is 9.54. The maximum absolute atomic E-state index is 13.1. The van der Waals surface area contributed by atoms with Crippen molar-refractivity contribution in [3.05, 3.63) is 59.4 Å². The van der Waals surface area contributed by atoms with E-state index in [4.69, 9.17) is 0 Å². The number of benzene rings is 2. The summed E-state index contributed by atoms with van der Waals surface area (Å²) < 4.78 is 40.1. The molecule has 1 heterocycles. The van der Waals surface area contributed by atoms with Gasteiger partial charge in [-0.05, 0) is 54.3 Å². The lowest BCUT2D eigenvalue weighted by molar-refractivity contribution is -0.118. The molecule has 2 aromatic rings. The highest BCUT2D eigenvalue weighted by Crippen LogP contribution is 2.31. The van der Waals surface area contributed by atoms with Gasteiger partial charge in [0.1, 0.15) is 5.82 Å². The number of anilines is 1. The molecule has 0 aromatic heterocycles. The fourth-order valence-electron chi connectivity index (χ4n) is 3.58. The number of sulfonamides is 1. The number of rotatable bonds is 6. The van der Waals surface area contributed by atoms with Crippen LogP contribution in [0.15, 0.2) is 47.4 Å². The van der Waals surface area contributed by atoms with Gasteiger partial charge < -0.3 is 4.90 Å². The molecule has 1 aliphatic rings. The van der Waals surface area contributed by atoms with Gasteiger partial charge in [0.15, 0.2) is 0 Å². The van der Waals surface area contributed by atoms with E-state index in [1.807, 2.05) is 13.8 Å². The Balaban J connectivity index is 1.86. The van der Waals surface area contributed by atoms with Gasteiger partial charge in [0, 0.05) is 25.3 Å². The molecule has 0 saturated heterocycles. The summed E-state index contributed by atoms with van der Waals surface area (Å²) in [6.45, 7) is 5.05. The van der Waals surface area contributed by atoms with Crippen molar-refractivity contribution < 1.29 is 17.6 Å². The van der Waals surface area contributed by atoms with Crippen LogP contribution < -0.4 is 4.90 Å². The highest BCUT2D eigenvalue weighted by molar-refractivity contribution is 7.89. The van der Waals surface area contributed by atoms with Gasteiger partial charge in [-0.3, -0.25) is 4.79 Å². The summed E-state index contributed by atoms with van der Waals surface area (Å²) in [6, 6.07) is 10.9. The first kappa shape index (κ1) is 20.5. The second-order valence-electron chi connectivity index (χ2n) is 6.83. The molecule has 1 aliphatic heterocycles. The summed E-state index contributed by atoms with van der Waals surface area (Å²) in [5, 5.41) is 0. The van der Waals surface area contributed by atoms with E-state index in [-0.39, 0.29) is 23.0 Å². The number of fused-ring (bicyclic) bond motifs is 1. The van der Waals surface area contributed by atoms with E-state index in [1.165, 1.54) is 16.4 Å². The number of hydrogen-bond donors (Lipinski definition) is 0. The molecule has 0 saturated carbocycles. The number of aryl methyl sites for hydroxylation is 1. The summed E-state index contributed by atoms with van der Waals surface area (Å²) in [5.74, 6) is -0.409. The minimum atomic E-state index is -3.53. The summed E-state index contributed by atoms with van der Waals surface area (Å²) in [6.07, 6.45) is 1.69. The van der Waals surface area contributed by atoms with Crippen LogP contribution in [0.2, 0.25) is 0 Å². The molecule has 1 amide bonds. The van der Waals surface area contributed by atoms with Crippen LogP contribution in [0.5, 0.6) is 0 Å². The molecule has 0 atom stereocenters. The highest BCUT2D eigenvalue weighted by Gasteiger charge is 2.27. The summed E-state index contributed by atoms with van der Waals surface area (Å²) in [5.41, 5.74) is 2.38. The average molecular weight is 405 g/mol. The molecule has 0 aliphatic carbocycles. The molecule has 5 nitrogen and oxygen atoms in total. The molecular formula is C21H25FN2O3S. The summed E-state index contributed by atoms with van der Waals surface area (Å²) in [4.78, 5) is 14.8. The minimum absolute atomic E-state index is 0.0769. The van der Waals surface area contributed by atoms with E-state index in [2.05, 4.69) is 0 Å². The van der Waals surface area contributed by atoms with E-state index in [0.717, 1.165) is 29.7 Å². The Labute approximate surface area is 165 Å². The van der Waals surface area contributed by atoms with Gasteiger partial charge in [-0.25, -0.2) is 12.8 Å². The Morgan fingerprint density at radius 1 is 1.11 bits per heavy atom. The fourth-order valence-corrected chi connectivity index (χ4v) is 5.09. The van der Waals surface area contributed by atoms with Crippen molar-refractivity contribution in [2.24, 2.45) is 0 Å². The molecule has 3 rings (SSSR count). The molecule has 0 radical (unpaired) electrons. The van der Waals surface area contributed by atoms with E-state index in [0.29, 0.717) is 19.6 Å². The third-order valence-corrected chi connectivity index (χ3v) is 7.13. The predicted molar refractivity (Wildman–Crippen MR) is 107 cm³/mol. The molecule has 150 valence electrons. The zero-order valence-electron chi connectivity index (χ0n) is 16.2. The lowest BCUT2D eigenvalue weighted by Gasteiger charge is -2.30. The van der Waals surface area contributed by atoms with Crippen molar-refractivity contribution in [3.63, 3.8) is 0 Å². The molecule has 2 aromatic carbocycles. The number of nitrogens with zero attached hydrogens (tertiary/aromatic N) is 2. The predicted octanol–water partition coefficient (Wildman–Crippen LogP) is 3.38. The second kappa shape index (κ2) is 8.41.